The molecular formula is C11H20N4. The van der Waals surface area contributed by atoms with Gasteiger partial charge in [0.05, 0.1) is 5.69 Å². The molecule has 0 amide bonds. The summed E-state index contributed by atoms with van der Waals surface area (Å²) in [4.78, 5) is 2.40. The number of likely N-dealkylation sites (tertiary alicyclic amines) is 1. The van der Waals surface area contributed by atoms with Crippen molar-refractivity contribution in [2.75, 3.05) is 13.6 Å². The molecule has 1 aliphatic rings. The van der Waals surface area contributed by atoms with E-state index in [4.69, 9.17) is 0 Å². The highest BCUT2D eigenvalue weighted by Gasteiger charge is 2.25. The van der Waals surface area contributed by atoms with E-state index in [1.165, 1.54) is 12.1 Å². The van der Waals surface area contributed by atoms with Crippen molar-refractivity contribution < 1.29 is 0 Å². The molecule has 4 heteroatoms. The average molecular weight is 208 g/mol. The third kappa shape index (κ3) is 2.38. The van der Waals surface area contributed by atoms with Gasteiger partial charge in [0.1, 0.15) is 0 Å². The summed E-state index contributed by atoms with van der Waals surface area (Å²) in [5, 5.41) is 7.74. The first kappa shape index (κ1) is 10.6. The Morgan fingerprint density at radius 1 is 1.53 bits per heavy atom. The second-order valence-electron chi connectivity index (χ2n) is 4.55. The Balaban J connectivity index is 1.82. The Kier molecular flexibility index (Phi) is 3.07. The van der Waals surface area contributed by atoms with Gasteiger partial charge in [-0.05, 0) is 26.5 Å². The molecule has 4 nitrogen and oxygen atoms in total. The van der Waals surface area contributed by atoms with Crippen molar-refractivity contribution in [2.45, 2.75) is 32.0 Å². The van der Waals surface area contributed by atoms with Gasteiger partial charge < -0.3 is 10.2 Å². The summed E-state index contributed by atoms with van der Waals surface area (Å²) < 4.78 is 1.93. The van der Waals surface area contributed by atoms with Gasteiger partial charge in [-0.3, -0.25) is 4.68 Å². The SMILES string of the molecule is CC1CC(NCc2ccnn2C)CN1C. The van der Waals surface area contributed by atoms with Gasteiger partial charge in [-0.1, -0.05) is 0 Å². The van der Waals surface area contributed by atoms with E-state index in [-0.39, 0.29) is 0 Å². The summed E-state index contributed by atoms with van der Waals surface area (Å²) in [6.07, 6.45) is 3.09. The molecule has 2 heterocycles. The van der Waals surface area contributed by atoms with Gasteiger partial charge in [-0.2, -0.15) is 5.10 Å². The van der Waals surface area contributed by atoms with Crippen molar-refractivity contribution >= 4 is 0 Å². The van der Waals surface area contributed by atoms with Crippen LogP contribution in [-0.2, 0) is 13.6 Å². The fourth-order valence-electron chi connectivity index (χ4n) is 2.17. The maximum atomic E-state index is 4.16. The molecule has 0 radical (unpaired) electrons. The minimum Gasteiger partial charge on any atom is -0.307 e. The Morgan fingerprint density at radius 3 is 2.87 bits per heavy atom. The van der Waals surface area contributed by atoms with Crippen molar-refractivity contribution in [1.82, 2.24) is 20.0 Å². The van der Waals surface area contributed by atoms with E-state index in [0.29, 0.717) is 12.1 Å². The van der Waals surface area contributed by atoms with Crippen LogP contribution in [0.2, 0.25) is 0 Å². The van der Waals surface area contributed by atoms with Crippen molar-refractivity contribution in [3.05, 3.63) is 18.0 Å². The summed E-state index contributed by atoms with van der Waals surface area (Å²) in [5.74, 6) is 0. The van der Waals surface area contributed by atoms with E-state index >= 15 is 0 Å². The van der Waals surface area contributed by atoms with Crippen LogP contribution < -0.4 is 5.32 Å². The zero-order chi connectivity index (χ0) is 10.8. The normalized spacial score (nSPS) is 27.4. The van der Waals surface area contributed by atoms with Crippen LogP contribution in [0.4, 0.5) is 0 Å². The summed E-state index contributed by atoms with van der Waals surface area (Å²) in [5.41, 5.74) is 1.25. The van der Waals surface area contributed by atoms with Crippen LogP contribution >= 0.6 is 0 Å². The van der Waals surface area contributed by atoms with Crippen molar-refractivity contribution in [3.8, 4) is 0 Å². The highest BCUT2D eigenvalue weighted by atomic mass is 15.3. The molecule has 2 unspecified atom stereocenters. The number of aryl methyl sites for hydroxylation is 1. The minimum absolute atomic E-state index is 0.625. The molecule has 15 heavy (non-hydrogen) atoms. The van der Waals surface area contributed by atoms with Gasteiger partial charge in [0, 0.05) is 38.4 Å². The van der Waals surface area contributed by atoms with Gasteiger partial charge in [-0.15, -0.1) is 0 Å². The quantitative estimate of drug-likeness (QED) is 0.790. The first-order chi connectivity index (χ1) is 7.16. The molecule has 0 spiro atoms. The van der Waals surface area contributed by atoms with Gasteiger partial charge in [0.15, 0.2) is 0 Å². The number of hydrogen-bond acceptors (Lipinski definition) is 3. The molecule has 1 aliphatic heterocycles. The largest absolute Gasteiger partial charge is 0.307 e. The molecule has 1 saturated heterocycles. The van der Waals surface area contributed by atoms with Gasteiger partial charge in [-0.25, -0.2) is 0 Å². The molecule has 1 aromatic heterocycles. The number of nitrogens with one attached hydrogen (secondary N) is 1. The lowest BCUT2D eigenvalue weighted by molar-refractivity contribution is 0.326. The molecule has 84 valence electrons. The van der Waals surface area contributed by atoms with Gasteiger partial charge >= 0.3 is 0 Å². The molecule has 1 fully saturated rings. The highest BCUT2D eigenvalue weighted by molar-refractivity contribution is 5.00. The van der Waals surface area contributed by atoms with E-state index in [1.54, 1.807) is 0 Å². The summed E-state index contributed by atoms with van der Waals surface area (Å²) in [6, 6.07) is 3.39. The lowest BCUT2D eigenvalue weighted by atomic mass is 10.2. The lowest BCUT2D eigenvalue weighted by Crippen LogP contribution is -2.31. The lowest BCUT2D eigenvalue weighted by Gasteiger charge is -2.13. The second-order valence-corrected chi connectivity index (χ2v) is 4.55. The predicted molar refractivity (Wildman–Crippen MR) is 60.5 cm³/mol. The smallest absolute Gasteiger partial charge is 0.0518 e. The highest BCUT2D eigenvalue weighted by Crippen LogP contribution is 2.15. The van der Waals surface area contributed by atoms with Crippen LogP contribution in [0.15, 0.2) is 12.3 Å². The average Bonchev–Trinajstić information content (AvgIpc) is 2.72. The molecule has 1 aromatic rings. The standard InChI is InChI=1S/C11H20N4/c1-9-6-10(8-14(9)2)12-7-11-4-5-13-15(11)3/h4-5,9-10,12H,6-8H2,1-3H3. The fraction of sp³-hybridized carbons (Fsp3) is 0.727. The van der Waals surface area contributed by atoms with E-state index < -0.39 is 0 Å². The van der Waals surface area contributed by atoms with E-state index in [9.17, 15) is 0 Å². The number of likely N-dealkylation sites (N-methyl/N-ethyl adjacent to an activating group) is 1. The van der Waals surface area contributed by atoms with Gasteiger partial charge in [0.25, 0.3) is 0 Å². The predicted octanol–water partition coefficient (Wildman–Crippen LogP) is 0.602. The molecule has 2 rings (SSSR count). The van der Waals surface area contributed by atoms with Crippen LogP contribution in [-0.4, -0.2) is 40.4 Å². The monoisotopic (exact) mass is 208 g/mol. The molecule has 1 N–H and O–H groups in total. The second kappa shape index (κ2) is 4.33. The van der Waals surface area contributed by atoms with Gasteiger partial charge in [0.2, 0.25) is 0 Å². The first-order valence-electron chi connectivity index (χ1n) is 5.57. The number of hydrogen-bond donors (Lipinski definition) is 1. The fourth-order valence-corrected chi connectivity index (χ4v) is 2.17. The molecule has 0 aromatic carbocycles. The zero-order valence-electron chi connectivity index (χ0n) is 9.77. The van der Waals surface area contributed by atoms with Crippen LogP contribution in [0.5, 0.6) is 0 Å². The molecule has 0 aliphatic carbocycles. The van der Waals surface area contributed by atoms with Crippen LogP contribution in [0.3, 0.4) is 0 Å². The number of nitrogens with zero attached hydrogens (tertiary/aromatic N) is 3. The first-order valence-corrected chi connectivity index (χ1v) is 5.57. The Labute approximate surface area is 91.3 Å². The Bertz CT molecular complexity index is 310. The van der Waals surface area contributed by atoms with Crippen LogP contribution in [0.1, 0.15) is 19.0 Å². The van der Waals surface area contributed by atoms with Crippen LogP contribution in [0, 0.1) is 0 Å². The summed E-state index contributed by atoms with van der Waals surface area (Å²) in [6.45, 7) is 4.35. The van der Waals surface area contributed by atoms with Crippen LogP contribution in [0.25, 0.3) is 0 Å². The molecule has 0 bridgehead atoms. The third-order valence-electron chi connectivity index (χ3n) is 3.38. The summed E-state index contributed by atoms with van der Waals surface area (Å²) in [7, 11) is 4.18. The van der Waals surface area contributed by atoms with E-state index in [0.717, 1.165) is 13.1 Å². The van der Waals surface area contributed by atoms with E-state index in [1.807, 2.05) is 17.9 Å². The van der Waals surface area contributed by atoms with Crippen molar-refractivity contribution in [1.29, 1.82) is 0 Å². The Morgan fingerprint density at radius 2 is 2.33 bits per heavy atom. The maximum Gasteiger partial charge on any atom is 0.0518 e. The molecule has 2 atom stereocenters. The third-order valence-corrected chi connectivity index (χ3v) is 3.38. The maximum absolute atomic E-state index is 4.16. The number of rotatable bonds is 3. The molecule has 0 saturated carbocycles. The molecular weight excluding hydrogens is 188 g/mol. The Hall–Kier alpha value is -0.870. The number of aromatic nitrogens is 2. The van der Waals surface area contributed by atoms with Crippen molar-refractivity contribution in [2.24, 2.45) is 7.05 Å². The summed E-state index contributed by atoms with van der Waals surface area (Å²) >= 11 is 0. The van der Waals surface area contributed by atoms with Crippen molar-refractivity contribution in [3.63, 3.8) is 0 Å². The topological polar surface area (TPSA) is 33.1 Å². The minimum atomic E-state index is 0.625. The van der Waals surface area contributed by atoms with E-state index in [2.05, 4.69) is 35.4 Å². The zero-order valence-corrected chi connectivity index (χ0v) is 9.77.